The van der Waals surface area contributed by atoms with Gasteiger partial charge in [-0.25, -0.2) is 4.79 Å². The van der Waals surface area contributed by atoms with Crippen LogP contribution in [0.3, 0.4) is 0 Å². The molecule has 1 heterocycles. The van der Waals surface area contributed by atoms with Gasteiger partial charge in [-0.3, -0.25) is 0 Å². The van der Waals surface area contributed by atoms with E-state index in [2.05, 4.69) is 13.0 Å². The van der Waals surface area contributed by atoms with Crippen LogP contribution in [0.1, 0.15) is 26.4 Å². The summed E-state index contributed by atoms with van der Waals surface area (Å²) >= 11 is 1.24. The SMILES string of the molecule is Cc1ccc(-c2sc(C(=O)O)c(N)c2C)cc1C. The highest BCUT2D eigenvalue weighted by Gasteiger charge is 2.18. The van der Waals surface area contributed by atoms with Gasteiger partial charge in [-0.2, -0.15) is 0 Å². The highest BCUT2D eigenvalue weighted by molar-refractivity contribution is 7.18. The van der Waals surface area contributed by atoms with Crippen molar-refractivity contribution in [2.24, 2.45) is 0 Å². The molecular weight excluding hydrogens is 246 g/mol. The van der Waals surface area contributed by atoms with Gasteiger partial charge in [-0.1, -0.05) is 18.2 Å². The zero-order valence-corrected chi connectivity index (χ0v) is 11.4. The summed E-state index contributed by atoms with van der Waals surface area (Å²) in [7, 11) is 0. The second kappa shape index (κ2) is 4.46. The van der Waals surface area contributed by atoms with Crippen molar-refractivity contribution in [1.82, 2.24) is 0 Å². The second-order valence-electron chi connectivity index (χ2n) is 4.40. The smallest absolute Gasteiger partial charge is 0.348 e. The van der Waals surface area contributed by atoms with Crippen molar-refractivity contribution in [3.8, 4) is 10.4 Å². The van der Waals surface area contributed by atoms with Crippen molar-refractivity contribution in [3.63, 3.8) is 0 Å². The molecular formula is C14H15NO2S. The molecule has 2 rings (SSSR count). The molecule has 0 aliphatic rings. The van der Waals surface area contributed by atoms with Crippen molar-refractivity contribution in [2.75, 3.05) is 5.73 Å². The van der Waals surface area contributed by atoms with Crippen LogP contribution in [0.15, 0.2) is 18.2 Å². The minimum Gasteiger partial charge on any atom is -0.477 e. The Labute approximate surface area is 110 Å². The number of hydrogen-bond donors (Lipinski definition) is 2. The quantitative estimate of drug-likeness (QED) is 0.867. The molecule has 3 N–H and O–H groups in total. The molecule has 0 aliphatic heterocycles. The maximum Gasteiger partial charge on any atom is 0.348 e. The van der Waals surface area contributed by atoms with Gasteiger partial charge < -0.3 is 10.8 Å². The lowest BCUT2D eigenvalue weighted by Crippen LogP contribution is -1.97. The van der Waals surface area contributed by atoms with Gasteiger partial charge in [-0.05, 0) is 43.0 Å². The summed E-state index contributed by atoms with van der Waals surface area (Å²) in [6.07, 6.45) is 0. The summed E-state index contributed by atoms with van der Waals surface area (Å²) in [5.41, 5.74) is 10.5. The Bertz CT molecular complexity index is 629. The van der Waals surface area contributed by atoms with Crippen LogP contribution in [-0.2, 0) is 0 Å². The van der Waals surface area contributed by atoms with Gasteiger partial charge in [0.15, 0.2) is 0 Å². The Morgan fingerprint density at radius 2 is 1.89 bits per heavy atom. The number of nitrogens with two attached hydrogens (primary N) is 1. The molecule has 1 aromatic carbocycles. The number of carboxylic acid groups (broad SMARTS) is 1. The predicted molar refractivity (Wildman–Crippen MR) is 75.3 cm³/mol. The molecule has 0 fully saturated rings. The first-order valence-corrected chi connectivity index (χ1v) is 6.43. The Morgan fingerprint density at radius 1 is 1.22 bits per heavy atom. The van der Waals surface area contributed by atoms with Gasteiger partial charge in [0.25, 0.3) is 0 Å². The maximum atomic E-state index is 11.1. The molecule has 0 unspecified atom stereocenters. The van der Waals surface area contributed by atoms with E-state index in [4.69, 9.17) is 10.8 Å². The van der Waals surface area contributed by atoms with E-state index in [-0.39, 0.29) is 4.88 Å². The van der Waals surface area contributed by atoms with Gasteiger partial charge in [0.1, 0.15) is 4.88 Å². The van der Waals surface area contributed by atoms with Crippen molar-refractivity contribution >= 4 is 23.0 Å². The Kier molecular flexibility index (Phi) is 3.13. The number of anilines is 1. The topological polar surface area (TPSA) is 63.3 Å². The molecule has 0 radical (unpaired) electrons. The number of aryl methyl sites for hydroxylation is 2. The van der Waals surface area contributed by atoms with Crippen LogP contribution in [0.5, 0.6) is 0 Å². The summed E-state index contributed by atoms with van der Waals surface area (Å²) in [5, 5.41) is 9.08. The van der Waals surface area contributed by atoms with E-state index in [0.29, 0.717) is 5.69 Å². The molecule has 0 saturated heterocycles. The van der Waals surface area contributed by atoms with Crippen LogP contribution < -0.4 is 5.73 Å². The minimum atomic E-state index is -0.962. The summed E-state index contributed by atoms with van der Waals surface area (Å²) in [6.45, 7) is 5.96. The average molecular weight is 261 g/mol. The van der Waals surface area contributed by atoms with Crippen molar-refractivity contribution < 1.29 is 9.90 Å². The normalized spacial score (nSPS) is 10.6. The first kappa shape index (κ1) is 12.6. The first-order valence-electron chi connectivity index (χ1n) is 5.61. The number of rotatable bonds is 2. The fraction of sp³-hybridized carbons (Fsp3) is 0.214. The van der Waals surface area contributed by atoms with Crippen molar-refractivity contribution in [2.45, 2.75) is 20.8 Å². The number of carboxylic acids is 1. The fourth-order valence-corrected chi connectivity index (χ4v) is 2.91. The van der Waals surface area contributed by atoms with Crippen LogP contribution in [0.2, 0.25) is 0 Å². The summed E-state index contributed by atoms with van der Waals surface area (Å²) in [5.74, 6) is -0.962. The molecule has 0 saturated carbocycles. The molecule has 94 valence electrons. The minimum absolute atomic E-state index is 0.223. The molecule has 2 aromatic rings. The van der Waals surface area contributed by atoms with E-state index < -0.39 is 5.97 Å². The molecule has 4 heteroatoms. The fourth-order valence-electron chi connectivity index (χ4n) is 1.84. The third-order valence-electron chi connectivity index (χ3n) is 3.16. The lowest BCUT2D eigenvalue weighted by molar-refractivity contribution is 0.0703. The molecule has 0 amide bonds. The van der Waals surface area contributed by atoms with Gasteiger partial charge in [-0.15, -0.1) is 11.3 Å². The van der Waals surface area contributed by atoms with Crippen LogP contribution in [0.25, 0.3) is 10.4 Å². The molecule has 18 heavy (non-hydrogen) atoms. The standard InChI is InChI=1S/C14H15NO2S/c1-7-4-5-10(6-8(7)2)12-9(3)11(15)13(18-12)14(16)17/h4-6H,15H2,1-3H3,(H,16,17). The van der Waals surface area contributed by atoms with E-state index in [1.54, 1.807) is 0 Å². The van der Waals surface area contributed by atoms with E-state index >= 15 is 0 Å². The van der Waals surface area contributed by atoms with Crippen molar-refractivity contribution in [1.29, 1.82) is 0 Å². The molecule has 0 aliphatic carbocycles. The van der Waals surface area contributed by atoms with E-state index in [0.717, 1.165) is 16.0 Å². The molecule has 1 aromatic heterocycles. The van der Waals surface area contributed by atoms with Crippen molar-refractivity contribution in [3.05, 3.63) is 39.8 Å². The molecule has 0 atom stereocenters. The van der Waals surface area contributed by atoms with Crippen LogP contribution in [0, 0.1) is 20.8 Å². The Hall–Kier alpha value is -1.81. The monoisotopic (exact) mass is 261 g/mol. The lowest BCUT2D eigenvalue weighted by Gasteiger charge is -2.04. The Balaban J connectivity index is 2.61. The zero-order valence-electron chi connectivity index (χ0n) is 10.6. The van der Waals surface area contributed by atoms with E-state index in [1.807, 2.05) is 26.0 Å². The average Bonchev–Trinajstić information content (AvgIpc) is 2.60. The van der Waals surface area contributed by atoms with Crippen LogP contribution >= 0.6 is 11.3 Å². The van der Waals surface area contributed by atoms with Gasteiger partial charge >= 0.3 is 5.97 Å². The summed E-state index contributed by atoms with van der Waals surface area (Å²) in [4.78, 5) is 12.2. The number of benzene rings is 1. The van der Waals surface area contributed by atoms with E-state index in [9.17, 15) is 4.79 Å². The number of carbonyl (C=O) groups is 1. The van der Waals surface area contributed by atoms with Crippen LogP contribution in [0.4, 0.5) is 5.69 Å². The third kappa shape index (κ3) is 1.99. The number of aromatic carboxylic acids is 1. The lowest BCUT2D eigenvalue weighted by atomic mass is 10.0. The molecule has 0 bridgehead atoms. The first-order chi connectivity index (χ1) is 8.41. The number of thiophene rings is 1. The number of hydrogen-bond acceptors (Lipinski definition) is 3. The van der Waals surface area contributed by atoms with Crippen LogP contribution in [-0.4, -0.2) is 11.1 Å². The van der Waals surface area contributed by atoms with Gasteiger partial charge in [0.2, 0.25) is 0 Å². The van der Waals surface area contributed by atoms with E-state index in [1.165, 1.54) is 22.5 Å². The van der Waals surface area contributed by atoms with Gasteiger partial charge in [0, 0.05) is 4.88 Å². The molecule has 0 spiro atoms. The second-order valence-corrected chi connectivity index (χ2v) is 5.42. The predicted octanol–water partition coefficient (Wildman–Crippen LogP) is 3.62. The highest BCUT2D eigenvalue weighted by atomic mass is 32.1. The highest BCUT2D eigenvalue weighted by Crippen LogP contribution is 2.38. The number of nitrogen functional groups attached to an aromatic ring is 1. The Morgan fingerprint density at radius 3 is 2.39 bits per heavy atom. The maximum absolute atomic E-state index is 11.1. The summed E-state index contributed by atoms with van der Waals surface area (Å²) in [6, 6.07) is 6.12. The molecule has 3 nitrogen and oxygen atoms in total. The third-order valence-corrected chi connectivity index (χ3v) is 4.50. The summed E-state index contributed by atoms with van der Waals surface area (Å²) < 4.78 is 0. The van der Waals surface area contributed by atoms with Gasteiger partial charge in [0.05, 0.1) is 5.69 Å². The zero-order chi connectivity index (χ0) is 13.4. The largest absolute Gasteiger partial charge is 0.477 e.